The molecule has 9 atom stereocenters. The van der Waals surface area contributed by atoms with Gasteiger partial charge >= 0.3 is 0 Å². The molecular weight excluding hydrogens is 450 g/mol. The van der Waals surface area contributed by atoms with E-state index in [1.807, 2.05) is 12.5 Å². The van der Waals surface area contributed by atoms with Crippen LogP contribution < -0.4 is 5.32 Å². The van der Waals surface area contributed by atoms with Crippen LogP contribution in [0.1, 0.15) is 125 Å². The minimum Gasteiger partial charge on any atom is -0.337 e. The van der Waals surface area contributed by atoms with Crippen LogP contribution in [-0.2, 0) is 6.54 Å². The highest BCUT2D eigenvalue weighted by molar-refractivity contribution is 5.09. The number of hydrogen-bond acceptors (Lipinski definition) is 2. The van der Waals surface area contributed by atoms with Gasteiger partial charge in [0.15, 0.2) is 0 Å². The van der Waals surface area contributed by atoms with Gasteiger partial charge < -0.3 is 9.88 Å². The second-order valence-corrected chi connectivity index (χ2v) is 15.2. The van der Waals surface area contributed by atoms with Gasteiger partial charge in [-0.1, -0.05) is 53.9 Å². The minimum absolute atomic E-state index is 0.613. The zero-order valence-corrected chi connectivity index (χ0v) is 25.1. The molecule has 4 aliphatic carbocycles. The number of imidazole rings is 1. The Labute approximate surface area is 229 Å². The molecule has 1 aromatic heterocycles. The van der Waals surface area contributed by atoms with Gasteiger partial charge in [-0.15, -0.1) is 0 Å². The van der Waals surface area contributed by atoms with Crippen LogP contribution in [0.5, 0.6) is 0 Å². The van der Waals surface area contributed by atoms with Crippen LogP contribution in [0, 0.1) is 52.3 Å². The molecule has 3 nitrogen and oxygen atoms in total. The van der Waals surface area contributed by atoms with Crippen molar-refractivity contribution in [3.05, 3.63) is 18.7 Å². The molecule has 0 radical (unpaired) electrons. The van der Waals surface area contributed by atoms with Gasteiger partial charge in [0.25, 0.3) is 0 Å². The van der Waals surface area contributed by atoms with Crippen LogP contribution in [0.3, 0.4) is 0 Å². The van der Waals surface area contributed by atoms with E-state index < -0.39 is 0 Å². The summed E-state index contributed by atoms with van der Waals surface area (Å²) in [4.78, 5) is 4.18. The Bertz CT molecular complexity index is 832. The van der Waals surface area contributed by atoms with Gasteiger partial charge in [-0.05, 0) is 129 Å². The monoisotopic (exact) mass is 509 g/mol. The van der Waals surface area contributed by atoms with Crippen LogP contribution in [0.2, 0.25) is 0 Å². The molecule has 0 spiro atoms. The number of hydrogen-bond donors (Lipinski definition) is 1. The molecule has 4 saturated carbocycles. The maximum atomic E-state index is 4.18. The van der Waals surface area contributed by atoms with E-state index in [2.05, 4.69) is 55.7 Å². The molecule has 4 aliphatic rings. The summed E-state index contributed by atoms with van der Waals surface area (Å²) in [5, 5.41) is 3.96. The predicted molar refractivity (Wildman–Crippen MR) is 156 cm³/mol. The molecule has 1 aromatic rings. The van der Waals surface area contributed by atoms with E-state index >= 15 is 0 Å². The van der Waals surface area contributed by atoms with Crippen molar-refractivity contribution >= 4 is 0 Å². The van der Waals surface area contributed by atoms with Gasteiger partial charge in [0.2, 0.25) is 0 Å². The quantitative estimate of drug-likeness (QED) is 0.302. The van der Waals surface area contributed by atoms with E-state index in [0.717, 1.165) is 60.6 Å². The molecule has 210 valence electrons. The van der Waals surface area contributed by atoms with E-state index in [-0.39, 0.29) is 0 Å². The summed E-state index contributed by atoms with van der Waals surface area (Å²) in [7, 11) is 0. The van der Waals surface area contributed by atoms with E-state index in [1.54, 1.807) is 6.42 Å². The van der Waals surface area contributed by atoms with Gasteiger partial charge in [0.1, 0.15) is 0 Å². The van der Waals surface area contributed by atoms with Crippen molar-refractivity contribution < 1.29 is 0 Å². The lowest BCUT2D eigenvalue weighted by Crippen LogP contribution is -2.55. The minimum atomic E-state index is 0.613. The van der Waals surface area contributed by atoms with Gasteiger partial charge in [0.05, 0.1) is 6.33 Å². The van der Waals surface area contributed by atoms with Crippen LogP contribution in [0.15, 0.2) is 18.7 Å². The van der Waals surface area contributed by atoms with Crippen LogP contribution in [0.4, 0.5) is 0 Å². The lowest BCUT2D eigenvalue weighted by Gasteiger charge is -2.61. The summed E-state index contributed by atoms with van der Waals surface area (Å²) in [6.45, 7) is 15.1. The fourth-order valence-electron chi connectivity index (χ4n) is 10.4. The molecule has 5 rings (SSSR count). The number of nitrogens with one attached hydrogen (secondary N) is 1. The smallest absolute Gasteiger partial charge is 0.0945 e. The molecule has 0 aliphatic heterocycles. The Morgan fingerprint density at radius 3 is 2.51 bits per heavy atom. The summed E-state index contributed by atoms with van der Waals surface area (Å²) in [6, 6.07) is 0.749. The maximum absolute atomic E-state index is 4.18. The molecule has 1 heterocycles. The van der Waals surface area contributed by atoms with Crippen molar-refractivity contribution in [3.8, 4) is 0 Å². The Kier molecular flexibility index (Phi) is 8.79. The average Bonchev–Trinajstić information content (AvgIpc) is 3.49. The molecule has 4 fully saturated rings. The Balaban J connectivity index is 1.13. The Morgan fingerprint density at radius 1 is 0.919 bits per heavy atom. The molecule has 0 saturated heterocycles. The number of nitrogens with zero attached hydrogens (tertiary/aromatic N) is 2. The SMILES string of the molecule is CC(C)CCCC(C)CC1CC[C@H]2C3CCC4C[C@@H](NCCCn5ccnc5)CC[C@]4(C)C3CC[C@]12C. The summed E-state index contributed by atoms with van der Waals surface area (Å²) in [5.74, 6) is 6.81. The van der Waals surface area contributed by atoms with E-state index in [4.69, 9.17) is 0 Å². The molecule has 0 aromatic carbocycles. The first kappa shape index (κ1) is 27.7. The molecule has 5 unspecified atom stereocenters. The summed E-state index contributed by atoms with van der Waals surface area (Å²) >= 11 is 0. The largest absolute Gasteiger partial charge is 0.337 e. The van der Waals surface area contributed by atoms with Gasteiger partial charge in [-0.25, -0.2) is 4.98 Å². The molecule has 3 heteroatoms. The molecule has 0 bridgehead atoms. The first-order chi connectivity index (χ1) is 17.8. The van der Waals surface area contributed by atoms with E-state index in [1.165, 1.54) is 83.5 Å². The van der Waals surface area contributed by atoms with Crippen molar-refractivity contribution in [1.82, 2.24) is 14.9 Å². The third kappa shape index (κ3) is 5.87. The number of aromatic nitrogens is 2. The molecular formula is C34H59N3. The van der Waals surface area contributed by atoms with E-state index in [0.29, 0.717) is 10.8 Å². The third-order valence-corrected chi connectivity index (χ3v) is 12.6. The molecule has 1 N–H and O–H groups in total. The van der Waals surface area contributed by atoms with Gasteiger partial charge in [-0.3, -0.25) is 0 Å². The Hall–Kier alpha value is -0.830. The second-order valence-electron chi connectivity index (χ2n) is 15.2. The van der Waals surface area contributed by atoms with Crippen molar-refractivity contribution in [2.24, 2.45) is 52.3 Å². The van der Waals surface area contributed by atoms with Crippen molar-refractivity contribution in [2.45, 2.75) is 137 Å². The fourth-order valence-corrected chi connectivity index (χ4v) is 10.4. The highest BCUT2D eigenvalue weighted by atomic mass is 15.0. The van der Waals surface area contributed by atoms with Crippen molar-refractivity contribution in [3.63, 3.8) is 0 Å². The fraction of sp³-hybridized carbons (Fsp3) is 0.912. The normalized spacial score (nSPS) is 40.3. The topological polar surface area (TPSA) is 29.9 Å². The zero-order valence-electron chi connectivity index (χ0n) is 25.1. The molecule has 37 heavy (non-hydrogen) atoms. The van der Waals surface area contributed by atoms with E-state index in [9.17, 15) is 0 Å². The van der Waals surface area contributed by atoms with Gasteiger partial charge in [0, 0.05) is 25.0 Å². The molecule has 0 amide bonds. The lowest BCUT2D eigenvalue weighted by atomic mass is 9.44. The first-order valence-electron chi connectivity index (χ1n) is 16.5. The van der Waals surface area contributed by atoms with Crippen LogP contribution >= 0.6 is 0 Å². The van der Waals surface area contributed by atoms with Crippen molar-refractivity contribution in [2.75, 3.05) is 6.54 Å². The number of fused-ring (bicyclic) bond motifs is 5. The zero-order chi connectivity index (χ0) is 26.0. The standard InChI is InChI=1S/C34H59N3/c1-25(2)8-6-9-26(3)22-27-11-13-31-30-12-10-28-23-29(36-18-7-20-37-21-19-35-24-37)14-16-33(28,4)32(30)15-17-34(27,31)5/h19,21,24-32,36H,6-18,20,22-23H2,1-5H3/t26?,27?,28?,29-,30?,31-,32?,33-,34+/m0/s1. The van der Waals surface area contributed by atoms with Crippen molar-refractivity contribution in [1.29, 1.82) is 0 Å². The summed E-state index contributed by atoms with van der Waals surface area (Å²) in [6.07, 6.45) is 26.4. The maximum Gasteiger partial charge on any atom is 0.0945 e. The third-order valence-electron chi connectivity index (χ3n) is 12.6. The summed E-state index contributed by atoms with van der Waals surface area (Å²) < 4.78 is 2.21. The number of aryl methyl sites for hydroxylation is 1. The highest BCUT2D eigenvalue weighted by Gasteiger charge is 2.60. The lowest BCUT2D eigenvalue weighted by molar-refractivity contribution is -0.115. The van der Waals surface area contributed by atoms with Gasteiger partial charge in [-0.2, -0.15) is 0 Å². The second kappa shape index (κ2) is 11.7. The van der Waals surface area contributed by atoms with Crippen LogP contribution in [-0.4, -0.2) is 22.1 Å². The predicted octanol–water partition coefficient (Wildman–Crippen LogP) is 8.74. The first-order valence-corrected chi connectivity index (χ1v) is 16.5. The van der Waals surface area contributed by atoms with Crippen LogP contribution in [0.25, 0.3) is 0 Å². The average molecular weight is 510 g/mol. The Morgan fingerprint density at radius 2 is 1.73 bits per heavy atom. The summed E-state index contributed by atoms with van der Waals surface area (Å²) in [5.41, 5.74) is 1.26. The highest BCUT2D eigenvalue weighted by Crippen LogP contribution is 2.68. The number of rotatable bonds is 11.